The largest absolute Gasteiger partial charge is 0.510 e. The van der Waals surface area contributed by atoms with Gasteiger partial charge in [0.1, 0.15) is 5.82 Å². The van der Waals surface area contributed by atoms with Gasteiger partial charge >= 0.3 is 0 Å². The average molecular weight is 1180 g/mol. The third-order valence-corrected chi connectivity index (χ3v) is 13.9. The van der Waals surface area contributed by atoms with Gasteiger partial charge in [0.25, 0.3) is 6.33 Å². The van der Waals surface area contributed by atoms with Crippen LogP contribution in [0.1, 0.15) is 89.8 Å². The van der Waals surface area contributed by atoms with Crippen molar-refractivity contribution < 1.29 is 56.4 Å². The Hall–Kier alpha value is -8.11. The fourth-order valence-corrected chi connectivity index (χ4v) is 10.2. The molecule has 0 amide bonds. The SMILES string of the molecule is [2H]c1c([2H])c([2H])c(-c2cc(C(C)(C)C)cc3c2-[n+]2[c-]n(-c4[c-]c(Oc5[c-]c6c(cc5)c5ccccc5n6-c5cc(C(C)(C)C)ccn5)ccc4)c4cc(-c5c(C([2H])([2H])[2H])cccc5C([2H])([2H])[2H])cc(c42)-c2c([2H])c([2H])c([2H])c([2H])c2-c2c([2H])c([2H])c([2H])c([2H])c2-3)c([2H])c1[2H].[Pt]. The second kappa shape index (κ2) is 18.6. The van der Waals surface area contributed by atoms with Crippen molar-refractivity contribution in [2.45, 2.75) is 66.1 Å². The van der Waals surface area contributed by atoms with Gasteiger partial charge in [0.15, 0.2) is 0 Å². The van der Waals surface area contributed by atoms with Gasteiger partial charge in [0.05, 0.1) is 34.5 Å². The van der Waals surface area contributed by atoms with E-state index in [1.165, 1.54) is 39.5 Å². The van der Waals surface area contributed by atoms with E-state index in [2.05, 4.69) is 39.2 Å². The zero-order valence-electron chi connectivity index (χ0n) is 61.0. The maximum absolute atomic E-state index is 10.0. The number of pyridine rings is 1. The molecule has 0 atom stereocenters. The molecule has 0 fully saturated rings. The molecule has 6 heteroatoms. The Kier molecular flexibility index (Phi) is 7.77. The van der Waals surface area contributed by atoms with Crippen LogP contribution < -0.4 is 9.30 Å². The second-order valence-electron chi connectivity index (χ2n) is 20.7. The summed E-state index contributed by atoms with van der Waals surface area (Å²) < 4.78 is 188. The van der Waals surface area contributed by atoms with E-state index in [0.717, 1.165) is 21.9 Å². The van der Waals surface area contributed by atoms with Crippen molar-refractivity contribution in [3.05, 3.63) is 235 Å². The smallest absolute Gasteiger partial charge is 0.268 e. The van der Waals surface area contributed by atoms with Crippen LogP contribution >= 0.6 is 0 Å². The van der Waals surface area contributed by atoms with Gasteiger partial charge in [-0.2, -0.15) is 18.2 Å². The maximum atomic E-state index is 10.0. The molecule has 0 radical (unpaired) electrons. The number of nitrogens with zero attached hydrogens (tertiary/aromatic N) is 4. The number of hydrogen-bond donors (Lipinski definition) is 0. The monoisotopic (exact) mass is 1180 g/mol. The summed E-state index contributed by atoms with van der Waals surface area (Å²) >= 11 is 0. The van der Waals surface area contributed by atoms with Crippen LogP contribution in [0.2, 0.25) is 0 Å². The number of aryl methyl sites for hydroxylation is 2. The molecule has 374 valence electrons. The molecule has 0 aliphatic carbocycles. The number of benzene rings is 9. The van der Waals surface area contributed by atoms with Crippen LogP contribution in [-0.2, 0) is 31.9 Å². The van der Waals surface area contributed by atoms with Gasteiger partial charge in [-0.1, -0.05) is 180 Å². The van der Waals surface area contributed by atoms with Crippen LogP contribution in [-0.4, -0.2) is 14.1 Å². The van der Waals surface area contributed by atoms with E-state index in [9.17, 15) is 13.7 Å². The zero-order valence-corrected chi connectivity index (χ0v) is 44.3. The molecule has 0 bridgehead atoms. The number of fused-ring (bicyclic) bond motifs is 10. The van der Waals surface area contributed by atoms with E-state index < -0.39 is 120 Å². The summed E-state index contributed by atoms with van der Waals surface area (Å²) in [4.78, 5) is 4.82. The zero-order chi connectivity index (χ0) is 67.6. The van der Waals surface area contributed by atoms with Crippen molar-refractivity contribution in [2.24, 2.45) is 0 Å². The Balaban J connectivity index is 0.00000864. The van der Waals surface area contributed by atoms with Crippen LogP contribution in [0.5, 0.6) is 11.5 Å². The molecule has 9 aromatic carbocycles. The summed E-state index contributed by atoms with van der Waals surface area (Å²) in [5.74, 6) is 1.04. The predicted octanol–water partition coefficient (Wildman–Crippen LogP) is 17.4. The number of hydrogen-bond acceptors (Lipinski definition) is 2. The van der Waals surface area contributed by atoms with E-state index in [1.54, 1.807) is 42.6 Å². The number of para-hydroxylation sites is 1. The first kappa shape index (κ1) is 31.7. The minimum atomic E-state index is -2.98. The first-order chi connectivity index (χ1) is 44.1. The van der Waals surface area contributed by atoms with Gasteiger partial charge in [-0.25, -0.2) is 4.98 Å². The maximum Gasteiger partial charge on any atom is 0.268 e. The molecule has 5 nitrogen and oxygen atoms in total. The van der Waals surface area contributed by atoms with Gasteiger partial charge in [-0.15, -0.1) is 29.7 Å². The van der Waals surface area contributed by atoms with E-state index >= 15 is 0 Å². The summed E-state index contributed by atoms with van der Waals surface area (Å²) in [6.45, 7) is 5.96. The van der Waals surface area contributed by atoms with Crippen molar-refractivity contribution in [1.82, 2.24) is 14.1 Å². The summed E-state index contributed by atoms with van der Waals surface area (Å²) in [6, 6.07) is 28.1. The number of imidazole rings is 1. The van der Waals surface area contributed by atoms with Crippen molar-refractivity contribution in [3.63, 3.8) is 0 Å². The first-order valence-electron chi connectivity index (χ1n) is 33.9. The van der Waals surface area contributed by atoms with E-state index in [1.807, 2.05) is 67.8 Å². The Morgan fingerprint density at radius 2 is 1.20 bits per heavy atom. The number of ether oxygens (including phenoxy) is 1. The molecule has 76 heavy (non-hydrogen) atoms. The summed E-state index contributed by atoms with van der Waals surface area (Å²) in [5.41, 5.74) is -1.23. The van der Waals surface area contributed by atoms with E-state index in [0.29, 0.717) is 16.9 Å². The fourth-order valence-electron chi connectivity index (χ4n) is 10.2. The van der Waals surface area contributed by atoms with Crippen molar-refractivity contribution in [2.75, 3.05) is 0 Å². The molecular formula is C70H56N4OPt-2. The Morgan fingerprint density at radius 3 is 1.91 bits per heavy atom. The van der Waals surface area contributed by atoms with E-state index in [4.69, 9.17) is 22.1 Å². The Bertz CT molecular complexity index is 5230. The van der Waals surface area contributed by atoms with E-state index in [-0.39, 0.29) is 105 Å². The average Bonchev–Trinajstić information content (AvgIpc) is 1.60. The molecule has 0 spiro atoms. The molecule has 4 heterocycles. The summed E-state index contributed by atoms with van der Waals surface area (Å²) in [5, 5.41) is 1.81. The first-order valence-corrected chi connectivity index (χ1v) is 24.4. The summed E-state index contributed by atoms with van der Waals surface area (Å²) in [7, 11) is 0. The Labute approximate surface area is 486 Å². The molecule has 1 aliphatic heterocycles. The second-order valence-corrected chi connectivity index (χ2v) is 20.7. The predicted molar refractivity (Wildman–Crippen MR) is 308 cm³/mol. The van der Waals surface area contributed by atoms with Crippen molar-refractivity contribution in [1.29, 1.82) is 0 Å². The molecule has 13 rings (SSSR count). The standard InChI is InChI=1S/C70H56N4O.Pt/c1-44-20-18-21-45(2)66(44)47-36-60-55-28-14-12-26-53(55)54-27-13-15-29-56(54)61-39-49(70(6,7)8)38-59(46-22-10-9-11-23-46)67(61)73-43-72(64(37-47)68(60)73)50-24-19-25-51(41-50)75-52-32-33-58-57-30-16-17-31-62(57)74(63(58)42-52)65-40-48(34-35-71-65)69(3,4)5;/h9-40H,1-8H3;/q-2;/i1D3,2D3,9D,10D,11D,12D,13D,14D,15D,22D,23D,26D,27D,28D,29D;. The van der Waals surface area contributed by atoms with Crippen LogP contribution in [0.25, 0.3) is 106 Å². The molecule has 1 aliphatic rings. The van der Waals surface area contributed by atoms with Crippen molar-refractivity contribution >= 4 is 32.8 Å². The topological polar surface area (TPSA) is 35.9 Å². The van der Waals surface area contributed by atoms with Gasteiger partial charge in [-0.3, -0.25) is 4.57 Å². The normalized spacial score (nSPS) is 16.0. The minimum Gasteiger partial charge on any atom is -0.510 e. The van der Waals surface area contributed by atoms with Crippen LogP contribution in [0, 0.1) is 32.2 Å². The summed E-state index contributed by atoms with van der Waals surface area (Å²) in [6.07, 6.45) is 5.21. The van der Waals surface area contributed by atoms with Crippen LogP contribution in [0.15, 0.2) is 194 Å². The van der Waals surface area contributed by atoms with Crippen LogP contribution in [0.3, 0.4) is 0 Å². The molecule has 0 saturated carbocycles. The molecule has 0 N–H and O–H groups in total. The Morgan fingerprint density at radius 1 is 0.553 bits per heavy atom. The molecule has 0 saturated heterocycles. The molecular weight excluding hydrogens is 1110 g/mol. The molecule has 12 aromatic rings. The van der Waals surface area contributed by atoms with Gasteiger partial charge in [-0.05, 0) is 138 Å². The van der Waals surface area contributed by atoms with Crippen molar-refractivity contribution in [3.8, 4) is 84.3 Å². The quantitative estimate of drug-likeness (QED) is 0.123. The third-order valence-electron chi connectivity index (χ3n) is 13.9. The van der Waals surface area contributed by atoms with Gasteiger partial charge < -0.3 is 13.9 Å². The van der Waals surface area contributed by atoms with Crippen LogP contribution in [0.4, 0.5) is 0 Å². The molecule has 0 unspecified atom stereocenters. The minimum absolute atomic E-state index is 0. The number of aromatic nitrogens is 4. The number of rotatable bonds is 6. The third kappa shape index (κ3) is 8.20. The fraction of sp³-hybridized carbons (Fsp3) is 0.143. The molecule has 3 aromatic heterocycles. The van der Waals surface area contributed by atoms with Gasteiger partial charge in [0.2, 0.25) is 0 Å². The van der Waals surface area contributed by atoms with Gasteiger partial charge in [0, 0.05) is 52.5 Å².